The molecule has 0 amide bonds. The number of hydrogen-bond acceptors (Lipinski definition) is 2. The molecule has 0 saturated heterocycles. The largest absolute Gasteiger partial charge is 0.495 e. The number of allylic oxidation sites excluding steroid dienone is 1. The Bertz CT molecular complexity index is 385. The third-order valence-electron chi connectivity index (χ3n) is 2.14. The minimum absolute atomic E-state index is 0.193. The Hall–Kier alpha value is -1.38. The van der Waals surface area contributed by atoms with Gasteiger partial charge in [0.05, 0.1) is 12.8 Å². The summed E-state index contributed by atoms with van der Waals surface area (Å²) < 4.78 is 18.6. The molecule has 1 heterocycles. The second-order valence-electron chi connectivity index (χ2n) is 3.84. The summed E-state index contributed by atoms with van der Waals surface area (Å²) in [5.74, 6) is 0.301. The lowest BCUT2D eigenvalue weighted by atomic mass is 10.1. The molecule has 1 rings (SSSR count). The van der Waals surface area contributed by atoms with E-state index >= 15 is 0 Å². The topological polar surface area (TPSA) is 22.1 Å². The first kappa shape index (κ1) is 11.7. The molecule has 0 aliphatic carbocycles. The maximum Gasteiger partial charge on any atom is 0.152 e. The summed E-state index contributed by atoms with van der Waals surface area (Å²) in [4.78, 5) is 4.24. The summed E-state index contributed by atoms with van der Waals surface area (Å²) in [6, 6.07) is 1.37. The molecule has 0 radical (unpaired) electrons. The highest BCUT2D eigenvalue weighted by atomic mass is 19.1. The molecule has 0 fully saturated rings. The van der Waals surface area contributed by atoms with Gasteiger partial charge in [-0.2, -0.15) is 0 Å². The van der Waals surface area contributed by atoms with Crippen molar-refractivity contribution in [2.45, 2.75) is 26.7 Å². The molecule has 0 bridgehead atoms. The van der Waals surface area contributed by atoms with Gasteiger partial charge in [-0.3, -0.25) is 0 Å². The van der Waals surface area contributed by atoms with E-state index < -0.39 is 0 Å². The van der Waals surface area contributed by atoms with Crippen LogP contribution >= 0.6 is 0 Å². The molecule has 2 nitrogen and oxygen atoms in total. The number of hydrogen-bond donors (Lipinski definition) is 0. The summed E-state index contributed by atoms with van der Waals surface area (Å²) in [5, 5.41) is 0. The normalized spacial score (nSPS) is 10.5. The highest BCUT2D eigenvalue weighted by Crippen LogP contribution is 2.28. The van der Waals surface area contributed by atoms with Gasteiger partial charge in [-0.25, -0.2) is 9.37 Å². The van der Waals surface area contributed by atoms with Crippen molar-refractivity contribution in [3.05, 3.63) is 29.9 Å². The molecule has 82 valence electrons. The average Bonchev–Trinajstić information content (AvgIpc) is 2.16. The van der Waals surface area contributed by atoms with Crippen LogP contribution in [0, 0.1) is 5.82 Å². The standard InChI is InChI=1S/C12H16FNO/c1-7(2)11-9(13)6-10(15-5)12(14-11)8(3)4/h6,8H,1H2,2-5H3. The van der Waals surface area contributed by atoms with E-state index in [0.717, 1.165) is 5.69 Å². The lowest BCUT2D eigenvalue weighted by molar-refractivity contribution is 0.399. The average molecular weight is 209 g/mol. The molecule has 0 aliphatic rings. The first-order valence-electron chi connectivity index (χ1n) is 4.87. The van der Waals surface area contributed by atoms with Crippen molar-refractivity contribution in [1.29, 1.82) is 0 Å². The zero-order valence-corrected chi connectivity index (χ0v) is 9.60. The van der Waals surface area contributed by atoms with Crippen molar-refractivity contribution >= 4 is 5.57 Å². The van der Waals surface area contributed by atoms with E-state index in [1.54, 1.807) is 6.92 Å². The molecule has 0 unspecified atom stereocenters. The van der Waals surface area contributed by atoms with E-state index in [2.05, 4.69) is 11.6 Å². The van der Waals surface area contributed by atoms with Crippen LogP contribution in [0.15, 0.2) is 12.6 Å². The van der Waals surface area contributed by atoms with Crippen LogP contribution in [0.1, 0.15) is 38.1 Å². The predicted molar refractivity (Wildman–Crippen MR) is 59.5 cm³/mol. The molecule has 3 heteroatoms. The van der Waals surface area contributed by atoms with Crippen LogP contribution < -0.4 is 4.74 Å². The van der Waals surface area contributed by atoms with Gasteiger partial charge in [0, 0.05) is 6.07 Å². The summed E-state index contributed by atoms with van der Waals surface area (Å²) >= 11 is 0. The predicted octanol–water partition coefficient (Wildman–Crippen LogP) is 3.39. The third-order valence-corrected chi connectivity index (χ3v) is 2.14. The molecule has 0 N–H and O–H groups in total. The molecule has 15 heavy (non-hydrogen) atoms. The van der Waals surface area contributed by atoms with Crippen molar-refractivity contribution in [1.82, 2.24) is 4.98 Å². The SMILES string of the molecule is C=C(C)c1nc(C(C)C)c(OC)cc1F. The number of ether oxygens (including phenoxy) is 1. The van der Waals surface area contributed by atoms with Crippen LogP contribution in [0.5, 0.6) is 5.75 Å². The van der Waals surface area contributed by atoms with Crippen molar-refractivity contribution < 1.29 is 9.13 Å². The maximum atomic E-state index is 13.5. The fourth-order valence-corrected chi connectivity index (χ4v) is 1.36. The molecule has 0 aromatic carbocycles. The highest BCUT2D eigenvalue weighted by Gasteiger charge is 2.15. The van der Waals surface area contributed by atoms with Gasteiger partial charge in [0.25, 0.3) is 0 Å². The number of pyridine rings is 1. The highest BCUT2D eigenvalue weighted by molar-refractivity contribution is 5.59. The number of rotatable bonds is 3. The first-order valence-corrected chi connectivity index (χ1v) is 4.87. The quantitative estimate of drug-likeness (QED) is 0.761. The molecular formula is C12H16FNO. The van der Waals surface area contributed by atoms with E-state index in [9.17, 15) is 4.39 Å². The van der Waals surface area contributed by atoms with Crippen molar-refractivity contribution in [2.75, 3.05) is 7.11 Å². The number of nitrogens with zero attached hydrogens (tertiary/aromatic N) is 1. The Morgan fingerprint density at radius 3 is 2.53 bits per heavy atom. The van der Waals surface area contributed by atoms with Gasteiger partial charge < -0.3 is 4.74 Å². The van der Waals surface area contributed by atoms with Crippen LogP contribution in [0.25, 0.3) is 5.57 Å². The fourth-order valence-electron chi connectivity index (χ4n) is 1.36. The maximum absolute atomic E-state index is 13.5. The molecule has 0 atom stereocenters. The first-order chi connectivity index (χ1) is 6.97. The van der Waals surface area contributed by atoms with E-state index in [1.165, 1.54) is 13.2 Å². The van der Waals surface area contributed by atoms with Crippen LogP contribution in [-0.4, -0.2) is 12.1 Å². The van der Waals surface area contributed by atoms with Gasteiger partial charge in [0.1, 0.15) is 11.4 Å². The fraction of sp³-hybridized carbons (Fsp3) is 0.417. The Kier molecular flexibility index (Phi) is 3.45. The molecule has 1 aromatic heterocycles. The molecule has 1 aromatic rings. The van der Waals surface area contributed by atoms with E-state index in [4.69, 9.17) is 4.74 Å². The lowest BCUT2D eigenvalue weighted by Gasteiger charge is -2.13. The van der Waals surface area contributed by atoms with Crippen LogP contribution in [-0.2, 0) is 0 Å². The molecule has 0 aliphatic heterocycles. The lowest BCUT2D eigenvalue weighted by Crippen LogP contribution is -2.03. The van der Waals surface area contributed by atoms with Crippen molar-refractivity contribution in [3.8, 4) is 5.75 Å². The zero-order valence-electron chi connectivity index (χ0n) is 9.60. The Labute approximate surface area is 89.8 Å². The van der Waals surface area contributed by atoms with Crippen LogP contribution in [0.3, 0.4) is 0 Å². The van der Waals surface area contributed by atoms with Crippen molar-refractivity contribution in [3.63, 3.8) is 0 Å². The van der Waals surface area contributed by atoms with Crippen molar-refractivity contribution in [2.24, 2.45) is 0 Å². The van der Waals surface area contributed by atoms with Crippen LogP contribution in [0.4, 0.5) is 4.39 Å². The number of methoxy groups -OCH3 is 1. The van der Waals surface area contributed by atoms with Gasteiger partial charge in [-0.05, 0) is 18.4 Å². The monoisotopic (exact) mass is 209 g/mol. The van der Waals surface area contributed by atoms with Gasteiger partial charge in [0.15, 0.2) is 5.82 Å². The number of aromatic nitrogens is 1. The second-order valence-corrected chi connectivity index (χ2v) is 3.84. The summed E-state index contributed by atoms with van der Waals surface area (Å²) in [6.45, 7) is 9.42. The van der Waals surface area contributed by atoms with E-state index in [-0.39, 0.29) is 11.7 Å². The van der Waals surface area contributed by atoms with Gasteiger partial charge in [-0.15, -0.1) is 0 Å². The smallest absolute Gasteiger partial charge is 0.152 e. The molecular weight excluding hydrogens is 193 g/mol. The summed E-state index contributed by atoms with van der Waals surface area (Å²) in [7, 11) is 1.52. The summed E-state index contributed by atoms with van der Waals surface area (Å²) in [5.41, 5.74) is 1.70. The van der Waals surface area contributed by atoms with E-state index in [0.29, 0.717) is 17.0 Å². The van der Waals surface area contributed by atoms with E-state index in [1.807, 2.05) is 13.8 Å². The zero-order chi connectivity index (χ0) is 11.6. The third kappa shape index (κ3) is 2.35. The molecule has 0 spiro atoms. The van der Waals surface area contributed by atoms with Gasteiger partial charge >= 0.3 is 0 Å². The summed E-state index contributed by atoms with van der Waals surface area (Å²) in [6.07, 6.45) is 0. The Morgan fingerprint density at radius 1 is 1.53 bits per heavy atom. The Morgan fingerprint density at radius 2 is 2.13 bits per heavy atom. The molecule has 0 saturated carbocycles. The minimum atomic E-state index is -0.385. The van der Waals surface area contributed by atoms with Gasteiger partial charge in [-0.1, -0.05) is 20.4 Å². The second kappa shape index (κ2) is 4.43. The minimum Gasteiger partial charge on any atom is -0.495 e. The Balaban J connectivity index is 3.37. The van der Waals surface area contributed by atoms with Gasteiger partial charge in [0.2, 0.25) is 0 Å². The number of halogens is 1. The van der Waals surface area contributed by atoms with Crippen LogP contribution in [0.2, 0.25) is 0 Å².